The van der Waals surface area contributed by atoms with Crippen molar-refractivity contribution in [2.45, 2.75) is 32.7 Å². The molecular weight excluding hydrogens is 338 g/mol. The summed E-state index contributed by atoms with van der Waals surface area (Å²) in [5.41, 5.74) is 0.395. The van der Waals surface area contributed by atoms with E-state index in [0.29, 0.717) is 35.2 Å². The maximum atomic E-state index is 12.6. The van der Waals surface area contributed by atoms with Gasteiger partial charge in [-0.05, 0) is 51.0 Å². The quantitative estimate of drug-likeness (QED) is 0.604. The van der Waals surface area contributed by atoms with Crippen molar-refractivity contribution >= 4 is 23.5 Å². The summed E-state index contributed by atoms with van der Waals surface area (Å²) in [6.07, 6.45) is 2.05. The topological polar surface area (TPSA) is 45.1 Å². The second kappa shape index (κ2) is 9.20. The molecule has 1 aromatic rings. The van der Waals surface area contributed by atoms with E-state index in [0.717, 1.165) is 25.9 Å². The van der Waals surface area contributed by atoms with Crippen LogP contribution in [0.3, 0.4) is 0 Å². The summed E-state index contributed by atoms with van der Waals surface area (Å²) in [6, 6.07) is 7.66. The lowest BCUT2D eigenvalue weighted by Gasteiger charge is -2.36. The number of amides is 1. The summed E-state index contributed by atoms with van der Waals surface area (Å²) < 4.78 is 5.88. The Kier molecular flexibility index (Phi) is 7.26. The molecule has 0 N–H and O–H groups in total. The van der Waals surface area contributed by atoms with Crippen molar-refractivity contribution in [3.05, 3.63) is 34.9 Å². The predicted octanol–water partition coefficient (Wildman–Crippen LogP) is 3.53. The molecule has 1 aliphatic rings. The minimum Gasteiger partial charge on any atom is -0.465 e. The third-order valence-electron chi connectivity index (χ3n) is 4.38. The van der Waals surface area contributed by atoms with Gasteiger partial charge >= 0.3 is 0 Å². The summed E-state index contributed by atoms with van der Waals surface area (Å²) in [4.78, 5) is 21.1. The monoisotopic (exact) mass is 365 g/mol. The van der Waals surface area contributed by atoms with Gasteiger partial charge in [-0.3, -0.25) is 4.79 Å². The SMILES string of the molecule is CC(C)COC(=NC(=O)c1ccccc1Cl)N(C)C1CCN(C)CC1. The fourth-order valence-corrected chi connectivity index (χ4v) is 2.99. The largest absolute Gasteiger partial charge is 0.465 e. The van der Waals surface area contributed by atoms with Crippen LogP contribution in [0.1, 0.15) is 37.0 Å². The van der Waals surface area contributed by atoms with Gasteiger partial charge in [0.15, 0.2) is 0 Å². The Morgan fingerprint density at radius 3 is 2.60 bits per heavy atom. The van der Waals surface area contributed by atoms with E-state index in [4.69, 9.17) is 16.3 Å². The maximum Gasteiger partial charge on any atom is 0.295 e. The van der Waals surface area contributed by atoms with Crippen LogP contribution in [0.25, 0.3) is 0 Å². The third-order valence-corrected chi connectivity index (χ3v) is 4.71. The summed E-state index contributed by atoms with van der Waals surface area (Å²) in [5, 5.41) is 0.404. The normalized spacial score (nSPS) is 17.0. The number of carbonyl (C=O) groups is 1. The van der Waals surface area contributed by atoms with Crippen LogP contribution in [0.4, 0.5) is 0 Å². The highest BCUT2D eigenvalue weighted by atomic mass is 35.5. The van der Waals surface area contributed by atoms with E-state index >= 15 is 0 Å². The molecule has 138 valence electrons. The van der Waals surface area contributed by atoms with Crippen LogP contribution in [0, 0.1) is 5.92 Å². The van der Waals surface area contributed by atoms with Crippen LogP contribution < -0.4 is 0 Å². The first-order chi connectivity index (χ1) is 11.9. The van der Waals surface area contributed by atoms with Crippen LogP contribution in [-0.4, -0.2) is 61.6 Å². The number of likely N-dealkylation sites (tertiary alicyclic amines) is 1. The molecule has 0 radical (unpaired) electrons. The molecule has 0 unspecified atom stereocenters. The average molecular weight is 366 g/mol. The van der Waals surface area contributed by atoms with Gasteiger partial charge in [0.05, 0.1) is 17.2 Å². The smallest absolute Gasteiger partial charge is 0.295 e. The fraction of sp³-hybridized carbons (Fsp3) is 0.579. The first-order valence-electron chi connectivity index (χ1n) is 8.80. The lowest BCUT2D eigenvalue weighted by atomic mass is 10.0. The van der Waals surface area contributed by atoms with Crippen molar-refractivity contribution in [3.63, 3.8) is 0 Å². The Morgan fingerprint density at radius 2 is 2.00 bits per heavy atom. The average Bonchev–Trinajstić information content (AvgIpc) is 2.58. The number of carbonyl (C=O) groups excluding carboxylic acids is 1. The standard InChI is InChI=1S/C19H28ClN3O2/c1-14(2)13-25-19(23(4)15-9-11-22(3)12-10-15)21-18(24)16-7-5-6-8-17(16)20/h5-8,14-15H,9-13H2,1-4H3. The summed E-state index contributed by atoms with van der Waals surface area (Å²) in [5.74, 6) is -0.0179. The highest BCUT2D eigenvalue weighted by Gasteiger charge is 2.25. The Bertz CT molecular complexity index is 610. The van der Waals surface area contributed by atoms with Gasteiger partial charge in [-0.25, -0.2) is 0 Å². The first-order valence-corrected chi connectivity index (χ1v) is 9.18. The summed E-state index contributed by atoms with van der Waals surface area (Å²) in [6.45, 7) is 6.73. The molecule has 2 rings (SSSR count). The minimum atomic E-state index is -0.371. The molecule has 1 aliphatic heterocycles. The summed E-state index contributed by atoms with van der Waals surface area (Å²) >= 11 is 6.12. The lowest BCUT2D eigenvalue weighted by molar-refractivity contribution is 0.0985. The van der Waals surface area contributed by atoms with E-state index in [1.165, 1.54) is 0 Å². The number of rotatable bonds is 4. The molecule has 1 saturated heterocycles. The van der Waals surface area contributed by atoms with Crippen LogP contribution in [-0.2, 0) is 4.74 Å². The molecule has 1 aromatic carbocycles. The molecule has 1 amide bonds. The molecule has 1 heterocycles. The van der Waals surface area contributed by atoms with Gasteiger partial charge < -0.3 is 14.5 Å². The van der Waals surface area contributed by atoms with Crippen LogP contribution >= 0.6 is 11.6 Å². The zero-order valence-corrected chi connectivity index (χ0v) is 16.3. The molecule has 0 saturated carbocycles. The van der Waals surface area contributed by atoms with Crippen molar-refractivity contribution in [2.24, 2.45) is 10.9 Å². The summed E-state index contributed by atoms with van der Waals surface area (Å²) in [7, 11) is 4.08. The van der Waals surface area contributed by atoms with Gasteiger partial charge in [0.25, 0.3) is 11.9 Å². The molecule has 1 fully saturated rings. The number of ether oxygens (including phenoxy) is 1. The van der Waals surface area contributed by atoms with Crippen molar-refractivity contribution in [1.29, 1.82) is 0 Å². The van der Waals surface area contributed by atoms with E-state index in [2.05, 4.69) is 30.8 Å². The number of halogens is 1. The number of amidine groups is 1. The van der Waals surface area contributed by atoms with E-state index in [9.17, 15) is 4.79 Å². The van der Waals surface area contributed by atoms with Gasteiger partial charge in [0, 0.05) is 13.1 Å². The Balaban J connectivity index is 2.19. The predicted molar refractivity (Wildman–Crippen MR) is 102 cm³/mol. The molecule has 0 bridgehead atoms. The molecular formula is C19H28ClN3O2. The van der Waals surface area contributed by atoms with Crippen LogP contribution in [0.15, 0.2) is 29.3 Å². The maximum absolute atomic E-state index is 12.6. The highest BCUT2D eigenvalue weighted by Crippen LogP contribution is 2.18. The number of piperidine rings is 1. The molecule has 5 nitrogen and oxygen atoms in total. The Hall–Kier alpha value is -1.59. The molecule has 0 aromatic heterocycles. The molecule has 0 atom stereocenters. The van der Waals surface area contributed by atoms with Crippen LogP contribution in [0.5, 0.6) is 0 Å². The molecule has 0 aliphatic carbocycles. The van der Waals surface area contributed by atoms with E-state index in [1.807, 2.05) is 11.9 Å². The highest BCUT2D eigenvalue weighted by molar-refractivity contribution is 6.34. The third kappa shape index (κ3) is 5.72. The van der Waals surface area contributed by atoms with Crippen molar-refractivity contribution in [3.8, 4) is 0 Å². The molecule has 25 heavy (non-hydrogen) atoms. The van der Waals surface area contributed by atoms with Gasteiger partial charge in [-0.1, -0.05) is 37.6 Å². The van der Waals surface area contributed by atoms with Crippen LogP contribution in [0.2, 0.25) is 5.02 Å². The van der Waals surface area contributed by atoms with Crippen molar-refractivity contribution in [1.82, 2.24) is 9.80 Å². The Morgan fingerprint density at radius 1 is 1.36 bits per heavy atom. The second-order valence-corrected chi connectivity index (χ2v) is 7.44. The van der Waals surface area contributed by atoms with E-state index in [-0.39, 0.29) is 5.91 Å². The number of aliphatic imine (C=N–C) groups is 1. The van der Waals surface area contributed by atoms with Gasteiger partial charge in [-0.15, -0.1) is 0 Å². The van der Waals surface area contributed by atoms with Gasteiger partial charge in [0.2, 0.25) is 0 Å². The lowest BCUT2D eigenvalue weighted by Crippen LogP contribution is -2.45. The van der Waals surface area contributed by atoms with Gasteiger partial charge in [-0.2, -0.15) is 4.99 Å². The number of hydrogen-bond acceptors (Lipinski definition) is 3. The number of hydrogen-bond donors (Lipinski definition) is 0. The van der Waals surface area contributed by atoms with Crippen molar-refractivity contribution < 1.29 is 9.53 Å². The van der Waals surface area contributed by atoms with Crippen molar-refractivity contribution in [2.75, 3.05) is 33.8 Å². The second-order valence-electron chi connectivity index (χ2n) is 7.03. The van der Waals surface area contributed by atoms with Gasteiger partial charge in [0.1, 0.15) is 0 Å². The van der Waals surface area contributed by atoms with E-state index < -0.39 is 0 Å². The molecule has 6 heteroatoms. The fourth-order valence-electron chi connectivity index (χ4n) is 2.77. The zero-order valence-electron chi connectivity index (χ0n) is 15.5. The zero-order chi connectivity index (χ0) is 18.4. The van der Waals surface area contributed by atoms with E-state index in [1.54, 1.807) is 24.3 Å². The number of benzene rings is 1. The molecule has 0 spiro atoms. The Labute approximate surface area is 155 Å². The minimum absolute atomic E-state index is 0.321. The number of nitrogens with zero attached hydrogens (tertiary/aromatic N) is 3. The first kappa shape index (κ1) is 19.7.